The minimum absolute atomic E-state index is 0.0781. The maximum Gasteiger partial charge on any atom is 0.312 e. The number of esters is 1. The van der Waals surface area contributed by atoms with Crippen molar-refractivity contribution >= 4 is 23.7 Å². The smallest absolute Gasteiger partial charge is 0.312 e. The van der Waals surface area contributed by atoms with Gasteiger partial charge in [-0.3, -0.25) is 19.2 Å². The number of likely N-dealkylation sites (tertiary alicyclic amines) is 1. The third kappa shape index (κ3) is 7.00. The molecule has 3 heterocycles. The van der Waals surface area contributed by atoms with Crippen LogP contribution in [-0.2, 0) is 28.7 Å². The zero-order valence-corrected chi connectivity index (χ0v) is 27.2. The van der Waals surface area contributed by atoms with Crippen LogP contribution in [-0.4, -0.2) is 93.7 Å². The summed E-state index contributed by atoms with van der Waals surface area (Å²) in [6.45, 7) is 21.6. The number of hydrogen-bond donors (Lipinski definition) is 2. The molecule has 0 aromatic rings. The summed E-state index contributed by atoms with van der Waals surface area (Å²) in [5.41, 5.74) is -1.86. The average Bonchev–Trinajstić information content (AvgIpc) is 3.56. The van der Waals surface area contributed by atoms with Crippen molar-refractivity contribution < 1.29 is 33.8 Å². The molecule has 43 heavy (non-hydrogen) atoms. The molecule has 2 bridgehead atoms. The van der Waals surface area contributed by atoms with E-state index in [-0.39, 0.29) is 42.8 Å². The summed E-state index contributed by atoms with van der Waals surface area (Å²) in [4.78, 5) is 57.9. The molecule has 0 aromatic carbocycles. The van der Waals surface area contributed by atoms with Gasteiger partial charge in [0.25, 0.3) is 0 Å². The SMILES string of the molecule is C=CCCC(=O)NC[C@H](C)OC(=O)[C@@H]1[C@@H]2CC[C@]3(O2)[C@H](C(=O)N(CC=C)C(C)(C)CC(C)(C)C)N([C@@H](CC)CO)C(=O)[C@@H]13. The van der Waals surface area contributed by atoms with Gasteiger partial charge in [-0.1, -0.05) is 39.8 Å². The standard InChI is InChI=1S/C33H53N3O7/c1-10-13-14-24(38)34-18-21(4)42-30(41)25-23-15-16-33(43-23)26(25)28(39)36(22(12-3)19-37)27(33)29(40)35(17-11-2)32(8,9)20-31(5,6)7/h10-11,21-23,25-27,37H,1-2,12-20H2,3-9H3,(H,34,38)/t21-,22-,23-,25+,26+,27-,33+/m0/s1. The fourth-order valence-corrected chi connectivity index (χ4v) is 7.65. The number of rotatable bonds is 15. The molecule has 10 heteroatoms. The van der Waals surface area contributed by atoms with Crippen LogP contribution in [0.25, 0.3) is 0 Å². The van der Waals surface area contributed by atoms with Gasteiger partial charge in [0, 0.05) is 18.5 Å². The van der Waals surface area contributed by atoms with Gasteiger partial charge < -0.3 is 29.7 Å². The Bertz CT molecular complexity index is 1080. The Balaban J connectivity index is 1.95. The topological polar surface area (TPSA) is 125 Å². The summed E-state index contributed by atoms with van der Waals surface area (Å²) in [7, 11) is 0. The molecule has 3 aliphatic rings. The molecule has 3 fully saturated rings. The molecule has 3 rings (SSSR count). The first-order valence-electron chi connectivity index (χ1n) is 15.7. The molecule has 0 radical (unpaired) electrons. The number of nitrogens with zero attached hydrogens (tertiary/aromatic N) is 2. The summed E-state index contributed by atoms with van der Waals surface area (Å²) in [6, 6.07) is -1.60. The lowest BCUT2D eigenvalue weighted by Crippen LogP contribution is -2.62. The van der Waals surface area contributed by atoms with Gasteiger partial charge in [0.2, 0.25) is 17.7 Å². The zero-order chi connectivity index (χ0) is 32.3. The fourth-order valence-electron chi connectivity index (χ4n) is 7.65. The number of aliphatic hydroxyl groups excluding tert-OH is 1. The van der Waals surface area contributed by atoms with E-state index in [0.29, 0.717) is 38.5 Å². The molecule has 1 spiro atoms. The Hall–Kier alpha value is -2.72. The molecule has 0 unspecified atom stereocenters. The average molecular weight is 604 g/mol. The minimum Gasteiger partial charge on any atom is -0.460 e. The first-order valence-corrected chi connectivity index (χ1v) is 15.7. The predicted molar refractivity (Wildman–Crippen MR) is 164 cm³/mol. The molecule has 3 aliphatic heterocycles. The van der Waals surface area contributed by atoms with Crippen LogP contribution in [0.4, 0.5) is 0 Å². The Morgan fingerprint density at radius 1 is 1.23 bits per heavy atom. The van der Waals surface area contributed by atoms with Crippen molar-refractivity contribution in [3.05, 3.63) is 25.3 Å². The Labute approximate surface area is 257 Å². The third-order valence-electron chi connectivity index (χ3n) is 9.07. The number of fused-ring (bicyclic) bond motifs is 1. The second kappa shape index (κ2) is 13.5. The lowest BCUT2D eigenvalue weighted by molar-refractivity contribution is -0.160. The number of carbonyl (C=O) groups is 4. The number of amides is 3. The quantitative estimate of drug-likeness (QED) is 0.217. The molecule has 3 saturated heterocycles. The molecule has 2 N–H and O–H groups in total. The van der Waals surface area contributed by atoms with Gasteiger partial charge in [-0.25, -0.2) is 0 Å². The first kappa shape index (κ1) is 34.8. The molecule has 3 amide bonds. The Morgan fingerprint density at radius 3 is 2.47 bits per heavy atom. The van der Waals surface area contributed by atoms with Crippen LogP contribution in [0, 0.1) is 17.3 Å². The number of aliphatic hydroxyl groups is 1. The van der Waals surface area contributed by atoms with Gasteiger partial charge in [-0.15, -0.1) is 13.2 Å². The monoisotopic (exact) mass is 603 g/mol. The highest BCUT2D eigenvalue weighted by atomic mass is 16.6. The van der Waals surface area contributed by atoms with Gasteiger partial charge in [0.15, 0.2) is 0 Å². The molecule has 0 aromatic heterocycles. The van der Waals surface area contributed by atoms with Crippen molar-refractivity contribution in [2.75, 3.05) is 19.7 Å². The highest BCUT2D eigenvalue weighted by molar-refractivity contribution is 5.98. The highest BCUT2D eigenvalue weighted by Crippen LogP contribution is 2.59. The van der Waals surface area contributed by atoms with Crippen molar-refractivity contribution in [1.29, 1.82) is 0 Å². The minimum atomic E-state index is -1.20. The van der Waals surface area contributed by atoms with Crippen molar-refractivity contribution in [2.24, 2.45) is 17.3 Å². The molecule has 10 nitrogen and oxygen atoms in total. The largest absolute Gasteiger partial charge is 0.460 e. The van der Waals surface area contributed by atoms with Gasteiger partial charge in [-0.05, 0) is 58.3 Å². The Morgan fingerprint density at radius 2 is 1.91 bits per heavy atom. The van der Waals surface area contributed by atoms with Crippen LogP contribution in [0.1, 0.15) is 87.0 Å². The molecule has 242 valence electrons. The normalized spacial score (nSPS) is 27.8. The highest BCUT2D eigenvalue weighted by Gasteiger charge is 2.76. The van der Waals surface area contributed by atoms with E-state index in [4.69, 9.17) is 9.47 Å². The van der Waals surface area contributed by atoms with Crippen molar-refractivity contribution in [3.63, 3.8) is 0 Å². The van der Waals surface area contributed by atoms with Gasteiger partial charge in [0.1, 0.15) is 17.7 Å². The molecule has 0 saturated carbocycles. The maximum absolute atomic E-state index is 14.7. The zero-order valence-electron chi connectivity index (χ0n) is 27.2. The molecular weight excluding hydrogens is 550 g/mol. The van der Waals surface area contributed by atoms with Crippen LogP contribution in [0.15, 0.2) is 25.3 Å². The van der Waals surface area contributed by atoms with Crippen molar-refractivity contribution in [3.8, 4) is 0 Å². The molecular formula is C33H53N3O7. The first-order chi connectivity index (χ1) is 20.1. The summed E-state index contributed by atoms with van der Waals surface area (Å²) < 4.78 is 12.3. The van der Waals surface area contributed by atoms with Gasteiger partial charge >= 0.3 is 5.97 Å². The number of carbonyl (C=O) groups excluding carboxylic acids is 4. The van der Waals surface area contributed by atoms with E-state index in [2.05, 4.69) is 39.2 Å². The number of allylic oxidation sites excluding steroid dienone is 1. The second-order valence-electron chi connectivity index (χ2n) is 14.2. The molecule has 7 atom stereocenters. The summed E-state index contributed by atoms with van der Waals surface area (Å²) >= 11 is 0. The van der Waals surface area contributed by atoms with Crippen LogP contribution in [0.5, 0.6) is 0 Å². The van der Waals surface area contributed by atoms with Crippen molar-refractivity contribution in [1.82, 2.24) is 15.1 Å². The van der Waals surface area contributed by atoms with E-state index >= 15 is 0 Å². The van der Waals surface area contributed by atoms with Gasteiger partial charge in [0.05, 0.1) is 37.1 Å². The fraction of sp³-hybridized carbons (Fsp3) is 0.758. The second-order valence-corrected chi connectivity index (χ2v) is 14.2. The Kier molecular flexibility index (Phi) is 10.9. The number of ether oxygens (including phenoxy) is 2. The lowest BCUT2D eigenvalue weighted by atomic mass is 9.70. The van der Waals surface area contributed by atoms with E-state index in [1.807, 2.05) is 20.8 Å². The van der Waals surface area contributed by atoms with E-state index in [0.717, 1.165) is 0 Å². The summed E-state index contributed by atoms with van der Waals surface area (Å²) in [5, 5.41) is 13.1. The predicted octanol–water partition coefficient (Wildman–Crippen LogP) is 3.38. The maximum atomic E-state index is 14.7. The van der Waals surface area contributed by atoms with Crippen LogP contribution in [0.2, 0.25) is 0 Å². The van der Waals surface area contributed by atoms with E-state index in [9.17, 15) is 24.3 Å². The van der Waals surface area contributed by atoms with Crippen LogP contribution >= 0.6 is 0 Å². The van der Waals surface area contributed by atoms with Crippen LogP contribution < -0.4 is 5.32 Å². The number of nitrogens with one attached hydrogen (secondary N) is 1. The van der Waals surface area contributed by atoms with Crippen molar-refractivity contribution in [2.45, 2.75) is 122 Å². The summed E-state index contributed by atoms with van der Waals surface area (Å²) in [6.07, 6.45) is 5.11. The van der Waals surface area contributed by atoms with Crippen LogP contribution in [0.3, 0.4) is 0 Å². The molecule has 0 aliphatic carbocycles. The van der Waals surface area contributed by atoms with Gasteiger partial charge in [-0.2, -0.15) is 0 Å². The number of hydrogen-bond acceptors (Lipinski definition) is 7. The summed E-state index contributed by atoms with van der Waals surface area (Å²) in [5.74, 6) is -3.14. The van der Waals surface area contributed by atoms with E-state index in [1.54, 1.807) is 24.0 Å². The third-order valence-corrected chi connectivity index (χ3v) is 9.07. The lowest BCUT2D eigenvalue weighted by Gasteiger charge is -2.46. The van der Waals surface area contributed by atoms with E-state index in [1.165, 1.54) is 4.90 Å². The van der Waals surface area contributed by atoms with E-state index < -0.39 is 53.2 Å².